The molecule has 22 heavy (non-hydrogen) atoms. The van der Waals surface area contributed by atoms with Crippen LogP contribution in [0.15, 0.2) is 36.4 Å². The predicted molar refractivity (Wildman–Crippen MR) is 89.7 cm³/mol. The highest BCUT2D eigenvalue weighted by molar-refractivity contribution is 6.11. The lowest BCUT2D eigenvalue weighted by molar-refractivity contribution is 0.0898. The van der Waals surface area contributed by atoms with Gasteiger partial charge in [-0.05, 0) is 48.7 Å². The maximum absolute atomic E-state index is 12.9. The van der Waals surface area contributed by atoms with Gasteiger partial charge in [-0.15, -0.1) is 0 Å². The van der Waals surface area contributed by atoms with Gasteiger partial charge in [-0.2, -0.15) is 0 Å². The third-order valence-electron chi connectivity index (χ3n) is 4.63. The minimum absolute atomic E-state index is 0.156. The first-order valence-electron chi connectivity index (χ1n) is 8.00. The number of hydrogen-bond donors (Lipinski definition) is 0. The normalized spacial score (nSPS) is 16.8. The number of ketones is 1. The van der Waals surface area contributed by atoms with Gasteiger partial charge < -0.3 is 4.74 Å². The van der Waals surface area contributed by atoms with Crippen LogP contribution < -0.4 is 4.74 Å². The van der Waals surface area contributed by atoms with E-state index in [0.717, 1.165) is 35.3 Å². The van der Waals surface area contributed by atoms with Gasteiger partial charge in [0.2, 0.25) is 0 Å². The SMILES string of the molecule is COc1ccc2ccccc2c1C(=O)CN1CCC(C)CC1. The molecule has 116 valence electrons. The fourth-order valence-electron chi connectivity index (χ4n) is 3.21. The first-order valence-corrected chi connectivity index (χ1v) is 8.00. The van der Waals surface area contributed by atoms with E-state index < -0.39 is 0 Å². The van der Waals surface area contributed by atoms with Crippen molar-refractivity contribution in [3.63, 3.8) is 0 Å². The molecule has 0 spiro atoms. The summed E-state index contributed by atoms with van der Waals surface area (Å²) in [6.07, 6.45) is 2.36. The fourth-order valence-corrected chi connectivity index (χ4v) is 3.21. The Balaban J connectivity index is 1.89. The minimum atomic E-state index is 0.156. The van der Waals surface area contributed by atoms with Gasteiger partial charge in [0.05, 0.1) is 19.2 Å². The average molecular weight is 297 g/mol. The van der Waals surface area contributed by atoms with Crippen molar-refractivity contribution in [1.82, 2.24) is 4.90 Å². The lowest BCUT2D eigenvalue weighted by atomic mass is 9.97. The number of benzene rings is 2. The van der Waals surface area contributed by atoms with Gasteiger partial charge in [-0.1, -0.05) is 37.3 Å². The van der Waals surface area contributed by atoms with E-state index in [4.69, 9.17) is 4.74 Å². The molecule has 0 bridgehead atoms. The second kappa shape index (κ2) is 6.49. The van der Waals surface area contributed by atoms with Crippen molar-refractivity contribution in [2.24, 2.45) is 5.92 Å². The smallest absolute Gasteiger partial charge is 0.181 e. The second-order valence-corrected chi connectivity index (χ2v) is 6.25. The molecule has 3 rings (SSSR count). The highest BCUT2D eigenvalue weighted by Crippen LogP contribution is 2.29. The zero-order chi connectivity index (χ0) is 15.5. The summed E-state index contributed by atoms with van der Waals surface area (Å²) in [6.45, 7) is 4.80. The quantitative estimate of drug-likeness (QED) is 0.805. The monoisotopic (exact) mass is 297 g/mol. The van der Waals surface area contributed by atoms with E-state index in [1.165, 1.54) is 12.8 Å². The molecule has 2 aromatic rings. The summed E-state index contributed by atoms with van der Waals surface area (Å²) in [5.74, 6) is 1.61. The summed E-state index contributed by atoms with van der Waals surface area (Å²) in [5, 5.41) is 2.07. The number of methoxy groups -OCH3 is 1. The summed E-state index contributed by atoms with van der Waals surface area (Å²) in [7, 11) is 1.63. The number of fused-ring (bicyclic) bond motifs is 1. The van der Waals surface area contributed by atoms with Crippen LogP contribution in [0.1, 0.15) is 30.1 Å². The Kier molecular flexibility index (Phi) is 4.44. The molecule has 0 aromatic heterocycles. The van der Waals surface area contributed by atoms with Crippen LogP contribution in [0.2, 0.25) is 0 Å². The number of Topliss-reactive ketones (excluding diaryl/α,β-unsaturated/α-hetero) is 1. The molecule has 0 aliphatic carbocycles. The second-order valence-electron chi connectivity index (χ2n) is 6.25. The summed E-state index contributed by atoms with van der Waals surface area (Å²) in [5.41, 5.74) is 0.722. The molecule has 1 fully saturated rings. The first kappa shape index (κ1) is 15.0. The Morgan fingerprint density at radius 3 is 2.64 bits per heavy atom. The zero-order valence-corrected chi connectivity index (χ0v) is 13.3. The molecular formula is C19H23NO2. The molecule has 0 N–H and O–H groups in total. The molecule has 1 saturated heterocycles. The predicted octanol–water partition coefficient (Wildman–Crippen LogP) is 3.76. The number of likely N-dealkylation sites (tertiary alicyclic amines) is 1. The van der Waals surface area contributed by atoms with Crippen LogP contribution in [0.4, 0.5) is 0 Å². The van der Waals surface area contributed by atoms with Crippen LogP contribution in [-0.2, 0) is 0 Å². The van der Waals surface area contributed by atoms with Crippen LogP contribution in [-0.4, -0.2) is 37.4 Å². The topological polar surface area (TPSA) is 29.5 Å². The number of carbonyl (C=O) groups excluding carboxylic acids is 1. The lowest BCUT2D eigenvalue weighted by Gasteiger charge is -2.29. The van der Waals surface area contributed by atoms with Crippen molar-refractivity contribution >= 4 is 16.6 Å². The van der Waals surface area contributed by atoms with E-state index in [9.17, 15) is 4.79 Å². The van der Waals surface area contributed by atoms with E-state index in [-0.39, 0.29) is 5.78 Å². The molecule has 2 aromatic carbocycles. The van der Waals surface area contributed by atoms with E-state index in [1.807, 2.05) is 36.4 Å². The van der Waals surface area contributed by atoms with Gasteiger partial charge in [-0.25, -0.2) is 0 Å². The van der Waals surface area contributed by atoms with Crippen molar-refractivity contribution in [2.45, 2.75) is 19.8 Å². The van der Waals surface area contributed by atoms with Gasteiger partial charge in [0.25, 0.3) is 0 Å². The number of hydrogen-bond acceptors (Lipinski definition) is 3. The number of carbonyl (C=O) groups is 1. The van der Waals surface area contributed by atoms with E-state index in [0.29, 0.717) is 12.3 Å². The maximum Gasteiger partial charge on any atom is 0.181 e. The van der Waals surface area contributed by atoms with Crippen molar-refractivity contribution in [3.05, 3.63) is 42.0 Å². The lowest BCUT2D eigenvalue weighted by Crippen LogP contribution is -2.36. The van der Waals surface area contributed by atoms with E-state index >= 15 is 0 Å². The van der Waals surface area contributed by atoms with Gasteiger partial charge in [0, 0.05) is 0 Å². The van der Waals surface area contributed by atoms with Crippen molar-refractivity contribution in [3.8, 4) is 5.75 Å². The van der Waals surface area contributed by atoms with Crippen molar-refractivity contribution < 1.29 is 9.53 Å². The maximum atomic E-state index is 12.9. The molecule has 1 aliphatic rings. The van der Waals surface area contributed by atoms with Gasteiger partial charge >= 0.3 is 0 Å². The molecule has 3 nitrogen and oxygen atoms in total. The molecule has 0 amide bonds. The van der Waals surface area contributed by atoms with Gasteiger partial charge in [0.1, 0.15) is 5.75 Å². The molecule has 0 saturated carbocycles. The van der Waals surface area contributed by atoms with Gasteiger partial charge in [0.15, 0.2) is 5.78 Å². The molecule has 0 radical (unpaired) electrons. The summed E-state index contributed by atoms with van der Waals surface area (Å²) >= 11 is 0. The van der Waals surface area contributed by atoms with Crippen molar-refractivity contribution in [1.29, 1.82) is 0 Å². The number of ether oxygens (including phenoxy) is 1. The van der Waals surface area contributed by atoms with Crippen LogP contribution >= 0.6 is 0 Å². The Hall–Kier alpha value is -1.87. The highest BCUT2D eigenvalue weighted by atomic mass is 16.5. The molecule has 1 aliphatic heterocycles. The van der Waals surface area contributed by atoms with E-state index in [2.05, 4.69) is 11.8 Å². The van der Waals surface area contributed by atoms with Crippen LogP contribution in [0.25, 0.3) is 10.8 Å². The molecule has 0 unspecified atom stereocenters. The van der Waals surface area contributed by atoms with Crippen LogP contribution in [0.3, 0.4) is 0 Å². The molecular weight excluding hydrogens is 274 g/mol. The summed E-state index contributed by atoms with van der Waals surface area (Å²) in [4.78, 5) is 15.1. The number of rotatable bonds is 4. The Bertz CT molecular complexity index is 672. The third-order valence-corrected chi connectivity index (χ3v) is 4.63. The van der Waals surface area contributed by atoms with Crippen LogP contribution in [0.5, 0.6) is 5.75 Å². The number of piperidine rings is 1. The molecule has 1 heterocycles. The Morgan fingerprint density at radius 2 is 1.91 bits per heavy atom. The fraction of sp³-hybridized carbons (Fsp3) is 0.421. The standard InChI is InChI=1S/C19H23NO2/c1-14-9-11-20(12-10-14)13-17(21)19-16-6-4-3-5-15(16)7-8-18(19)22-2/h3-8,14H,9-13H2,1-2H3. The Labute approximate surface area is 131 Å². The summed E-state index contributed by atoms with van der Waals surface area (Å²) in [6, 6.07) is 11.9. The average Bonchev–Trinajstić information content (AvgIpc) is 2.55. The Morgan fingerprint density at radius 1 is 1.18 bits per heavy atom. The van der Waals surface area contributed by atoms with E-state index in [1.54, 1.807) is 7.11 Å². The third kappa shape index (κ3) is 3.00. The number of nitrogens with zero attached hydrogens (tertiary/aromatic N) is 1. The van der Waals surface area contributed by atoms with Crippen LogP contribution in [0, 0.1) is 5.92 Å². The minimum Gasteiger partial charge on any atom is -0.496 e. The molecule has 3 heteroatoms. The van der Waals surface area contributed by atoms with Crippen molar-refractivity contribution in [2.75, 3.05) is 26.7 Å². The first-order chi connectivity index (χ1) is 10.7. The highest BCUT2D eigenvalue weighted by Gasteiger charge is 2.22. The molecule has 0 atom stereocenters. The summed E-state index contributed by atoms with van der Waals surface area (Å²) < 4.78 is 5.44. The largest absolute Gasteiger partial charge is 0.496 e. The zero-order valence-electron chi connectivity index (χ0n) is 13.3. The van der Waals surface area contributed by atoms with Gasteiger partial charge in [-0.3, -0.25) is 9.69 Å².